The van der Waals surface area contributed by atoms with E-state index in [-0.39, 0.29) is 18.3 Å². The van der Waals surface area contributed by atoms with E-state index in [0.29, 0.717) is 18.7 Å². The third kappa shape index (κ3) is 4.47. The first-order valence-corrected chi connectivity index (χ1v) is 7.52. The molecule has 1 heterocycles. The van der Waals surface area contributed by atoms with Gasteiger partial charge in [-0.05, 0) is 47.9 Å². The SMILES string of the molecule is Cc1cccc(OCCNC(=O)c2ccc3c(c2)CNC3)c1.Cl. The van der Waals surface area contributed by atoms with Crippen molar-refractivity contribution in [2.45, 2.75) is 20.0 Å². The quantitative estimate of drug-likeness (QED) is 0.828. The highest BCUT2D eigenvalue weighted by Gasteiger charge is 2.13. The molecule has 0 aromatic heterocycles. The zero-order valence-corrected chi connectivity index (χ0v) is 13.9. The van der Waals surface area contributed by atoms with Gasteiger partial charge in [-0.2, -0.15) is 0 Å². The third-order valence-electron chi connectivity index (χ3n) is 3.75. The summed E-state index contributed by atoms with van der Waals surface area (Å²) in [4.78, 5) is 12.1. The fourth-order valence-electron chi connectivity index (χ4n) is 2.58. The summed E-state index contributed by atoms with van der Waals surface area (Å²) in [5.74, 6) is 0.778. The van der Waals surface area contributed by atoms with Crippen LogP contribution in [0.1, 0.15) is 27.0 Å². The number of carbonyl (C=O) groups is 1. The van der Waals surface area contributed by atoms with Crippen molar-refractivity contribution in [2.24, 2.45) is 0 Å². The average molecular weight is 333 g/mol. The summed E-state index contributed by atoms with van der Waals surface area (Å²) in [5, 5.41) is 6.17. The number of aryl methyl sites for hydroxylation is 1. The maximum atomic E-state index is 12.1. The lowest BCUT2D eigenvalue weighted by Gasteiger charge is -2.09. The molecule has 0 atom stereocenters. The Labute approximate surface area is 142 Å². The van der Waals surface area contributed by atoms with Crippen LogP contribution in [0.5, 0.6) is 5.75 Å². The van der Waals surface area contributed by atoms with Gasteiger partial charge in [-0.3, -0.25) is 4.79 Å². The van der Waals surface area contributed by atoms with Crippen LogP contribution in [0.4, 0.5) is 0 Å². The molecule has 2 aromatic rings. The summed E-state index contributed by atoms with van der Waals surface area (Å²) in [7, 11) is 0. The van der Waals surface area contributed by atoms with Crippen molar-refractivity contribution in [1.82, 2.24) is 10.6 Å². The molecule has 3 rings (SSSR count). The summed E-state index contributed by atoms with van der Waals surface area (Å²) in [6.07, 6.45) is 0. The highest BCUT2D eigenvalue weighted by molar-refractivity contribution is 5.94. The maximum absolute atomic E-state index is 12.1. The fourth-order valence-corrected chi connectivity index (χ4v) is 2.58. The van der Waals surface area contributed by atoms with E-state index in [1.165, 1.54) is 11.1 Å². The molecule has 2 N–H and O–H groups in total. The van der Waals surface area contributed by atoms with E-state index in [4.69, 9.17) is 4.74 Å². The number of halogens is 1. The van der Waals surface area contributed by atoms with Crippen LogP contribution >= 0.6 is 12.4 Å². The van der Waals surface area contributed by atoms with Gasteiger partial charge in [0.15, 0.2) is 0 Å². The van der Waals surface area contributed by atoms with Gasteiger partial charge in [0.25, 0.3) is 5.91 Å². The number of benzene rings is 2. The largest absolute Gasteiger partial charge is 0.492 e. The number of nitrogens with one attached hydrogen (secondary N) is 2. The molecule has 0 aliphatic carbocycles. The Morgan fingerprint density at radius 1 is 1.17 bits per heavy atom. The molecule has 0 radical (unpaired) electrons. The molecule has 0 saturated heterocycles. The maximum Gasteiger partial charge on any atom is 0.251 e. The smallest absolute Gasteiger partial charge is 0.251 e. The summed E-state index contributed by atoms with van der Waals surface area (Å²) in [5.41, 5.74) is 4.36. The van der Waals surface area contributed by atoms with Crippen LogP contribution in [0.3, 0.4) is 0 Å². The lowest BCUT2D eigenvalue weighted by molar-refractivity contribution is 0.0947. The Morgan fingerprint density at radius 2 is 2.00 bits per heavy atom. The number of rotatable bonds is 5. The van der Waals surface area contributed by atoms with Crippen molar-refractivity contribution in [3.05, 3.63) is 64.7 Å². The number of ether oxygens (including phenoxy) is 1. The van der Waals surface area contributed by atoms with Gasteiger partial charge in [-0.25, -0.2) is 0 Å². The van der Waals surface area contributed by atoms with Crippen LogP contribution in [-0.4, -0.2) is 19.1 Å². The first-order chi connectivity index (χ1) is 10.7. The van der Waals surface area contributed by atoms with Gasteiger partial charge in [0.1, 0.15) is 12.4 Å². The first-order valence-electron chi connectivity index (χ1n) is 7.52. The van der Waals surface area contributed by atoms with Crippen molar-refractivity contribution in [3.8, 4) is 5.75 Å². The van der Waals surface area contributed by atoms with Gasteiger partial charge in [-0.15, -0.1) is 12.4 Å². The number of hydrogen-bond donors (Lipinski definition) is 2. The average Bonchev–Trinajstić information content (AvgIpc) is 2.99. The van der Waals surface area contributed by atoms with E-state index in [1.807, 2.05) is 49.4 Å². The van der Waals surface area contributed by atoms with E-state index in [0.717, 1.165) is 24.4 Å². The zero-order chi connectivity index (χ0) is 15.4. The second-order valence-corrected chi connectivity index (χ2v) is 5.51. The van der Waals surface area contributed by atoms with E-state index in [2.05, 4.69) is 10.6 Å². The Kier molecular flexibility index (Phi) is 6.02. The second-order valence-electron chi connectivity index (χ2n) is 5.51. The van der Waals surface area contributed by atoms with Crippen LogP contribution < -0.4 is 15.4 Å². The Hall–Kier alpha value is -2.04. The standard InChI is InChI=1S/C18H20N2O2.ClH/c1-13-3-2-4-17(9-13)22-8-7-20-18(21)14-5-6-15-11-19-12-16(15)10-14;/h2-6,9-10,19H,7-8,11-12H2,1H3,(H,20,21);1H. The minimum Gasteiger partial charge on any atom is -0.492 e. The molecule has 1 aliphatic heterocycles. The fraction of sp³-hybridized carbons (Fsp3) is 0.278. The minimum atomic E-state index is -0.0532. The number of hydrogen-bond acceptors (Lipinski definition) is 3. The topological polar surface area (TPSA) is 50.4 Å². The van der Waals surface area contributed by atoms with Gasteiger partial charge >= 0.3 is 0 Å². The molecular formula is C18H21ClN2O2. The monoisotopic (exact) mass is 332 g/mol. The number of fused-ring (bicyclic) bond motifs is 1. The van der Waals surface area contributed by atoms with Crippen molar-refractivity contribution >= 4 is 18.3 Å². The van der Waals surface area contributed by atoms with Crippen molar-refractivity contribution in [1.29, 1.82) is 0 Å². The van der Waals surface area contributed by atoms with Gasteiger partial charge in [-0.1, -0.05) is 18.2 Å². The van der Waals surface area contributed by atoms with E-state index in [9.17, 15) is 4.79 Å². The van der Waals surface area contributed by atoms with Crippen molar-refractivity contribution < 1.29 is 9.53 Å². The molecule has 1 aliphatic rings. The van der Waals surface area contributed by atoms with Crippen LogP contribution in [0.25, 0.3) is 0 Å². The zero-order valence-electron chi connectivity index (χ0n) is 13.1. The van der Waals surface area contributed by atoms with Crippen LogP contribution in [0.2, 0.25) is 0 Å². The van der Waals surface area contributed by atoms with Gasteiger partial charge in [0.05, 0.1) is 6.54 Å². The Balaban J connectivity index is 0.00000192. The molecule has 0 unspecified atom stereocenters. The molecule has 5 heteroatoms. The summed E-state index contributed by atoms with van der Waals surface area (Å²) < 4.78 is 5.62. The Bertz CT molecular complexity index is 688. The van der Waals surface area contributed by atoms with Gasteiger partial charge in [0, 0.05) is 18.7 Å². The van der Waals surface area contributed by atoms with Gasteiger partial charge < -0.3 is 15.4 Å². The summed E-state index contributed by atoms with van der Waals surface area (Å²) in [6.45, 7) is 4.70. The predicted octanol–water partition coefficient (Wildman–Crippen LogP) is 2.83. The molecule has 0 bridgehead atoms. The second kappa shape index (κ2) is 7.99. The Morgan fingerprint density at radius 3 is 2.83 bits per heavy atom. The summed E-state index contributed by atoms with van der Waals surface area (Å²) in [6, 6.07) is 13.7. The molecule has 4 nitrogen and oxygen atoms in total. The minimum absolute atomic E-state index is 0. The highest BCUT2D eigenvalue weighted by atomic mass is 35.5. The molecule has 23 heavy (non-hydrogen) atoms. The summed E-state index contributed by atoms with van der Waals surface area (Å²) >= 11 is 0. The lowest BCUT2D eigenvalue weighted by Crippen LogP contribution is -2.28. The molecule has 2 aromatic carbocycles. The molecular weight excluding hydrogens is 312 g/mol. The van der Waals surface area contributed by atoms with Crippen molar-refractivity contribution in [2.75, 3.05) is 13.2 Å². The molecule has 122 valence electrons. The van der Waals surface area contributed by atoms with Gasteiger partial charge in [0.2, 0.25) is 0 Å². The van der Waals surface area contributed by atoms with Crippen molar-refractivity contribution in [3.63, 3.8) is 0 Å². The van der Waals surface area contributed by atoms with E-state index < -0.39 is 0 Å². The first kappa shape index (κ1) is 17.3. The molecule has 0 spiro atoms. The number of carbonyl (C=O) groups excluding carboxylic acids is 1. The molecule has 0 fully saturated rings. The van der Waals surface area contributed by atoms with Crippen LogP contribution in [-0.2, 0) is 13.1 Å². The molecule has 0 saturated carbocycles. The van der Waals surface area contributed by atoms with E-state index in [1.54, 1.807) is 0 Å². The molecule has 1 amide bonds. The third-order valence-corrected chi connectivity index (χ3v) is 3.75. The van der Waals surface area contributed by atoms with Crippen LogP contribution in [0, 0.1) is 6.92 Å². The highest BCUT2D eigenvalue weighted by Crippen LogP contribution is 2.17. The number of amides is 1. The lowest BCUT2D eigenvalue weighted by atomic mass is 10.1. The predicted molar refractivity (Wildman–Crippen MR) is 93.2 cm³/mol. The normalized spacial score (nSPS) is 12.2. The van der Waals surface area contributed by atoms with Crippen LogP contribution in [0.15, 0.2) is 42.5 Å². The van der Waals surface area contributed by atoms with E-state index >= 15 is 0 Å².